The van der Waals surface area contributed by atoms with Crippen molar-refractivity contribution in [2.75, 3.05) is 7.11 Å². The van der Waals surface area contributed by atoms with Crippen LogP contribution in [-0.4, -0.2) is 23.8 Å². The van der Waals surface area contributed by atoms with E-state index in [1.165, 1.54) is 12.8 Å². The van der Waals surface area contributed by atoms with Crippen molar-refractivity contribution < 1.29 is 14.6 Å². The summed E-state index contributed by atoms with van der Waals surface area (Å²) in [4.78, 5) is 12.1. The van der Waals surface area contributed by atoms with Crippen molar-refractivity contribution in [2.45, 2.75) is 91.6 Å². The molecule has 2 saturated carbocycles. The van der Waals surface area contributed by atoms with Crippen molar-refractivity contribution in [3.63, 3.8) is 0 Å². The van der Waals surface area contributed by atoms with E-state index in [4.69, 9.17) is 4.74 Å². The van der Waals surface area contributed by atoms with Gasteiger partial charge in [0.1, 0.15) is 0 Å². The van der Waals surface area contributed by atoms with Crippen LogP contribution in [0, 0.1) is 28.6 Å². The monoisotopic (exact) mass is 338 g/mol. The van der Waals surface area contributed by atoms with Crippen LogP contribution in [-0.2, 0) is 9.53 Å². The third-order valence-electron chi connectivity index (χ3n) is 8.04. The van der Waals surface area contributed by atoms with Gasteiger partial charge in [0.2, 0.25) is 0 Å². The zero-order valence-electron chi connectivity index (χ0n) is 16.7. The maximum atomic E-state index is 12.1. The second kappa shape index (κ2) is 6.97. The van der Waals surface area contributed by atoms with Crippen molar-refractivity contribution >= 4 is 5.97 Å². The molecule has 0 spiro atoms. The number of methoxy groups -OCH3 is 1. The lowest BCUT2D eigenvalue weighted by atomic mass is 9.44. The van der Waals surface area contributed by atoms with Gasteiger partial charge in [-0.15, -0.1) is 0 Å². The van der Waals surface area contributed by atoms with Gasteiger partial charge < -0.3 is 9.84 Å². The lowest BCUT2D eigenvalue weighted by Crippen LogP contribution is -2.60. The number of fused-ring (bicyclic) bond motifs is 1. The van der Waals surface area contributed by atoms with Crippen LogP contribution >= 0.6 is 0 Å². The van der Waals surface area contributed by atoms with Crippen LogP contribution in [0.4, 0.5) is 0 Å². The quantitative estimate of drug-likeness (QED) is 0.693. The second-order valence-electron chi connectivity index (χ2n) is 9.33. The Morgan fingerprint density at radius 2 is 1.92 bits per heavy atom. The minimum absolute atomic E-state index is 0.0713. The van der Waals surface area contributed by atoms with Crippen LogP contribution in [0.2, 0.25) is 0 Å². The van der Waals surface area contributed by atoms with Crippen LogP contribution in [0.3, 0.4) is 0 Å². The molecule has 2 fully saturated rings. The van der Waals surface area contributed by atoms with Gasteiger partial charge in [0.15, 0.2) is 0 Å². The first-order chi connectivity index (χ1) is 11.1. The van der Waals surface area contributed by atoms with Gasteiger partial charge in [-0.3, -0.25) is 4.79 Å². The molecule has 2 aliphatic rings. The van der Waals surface area contributed by atoms with Gasteiger partial charge in [0.05, 0.1) is 11.0 Å². The molecule has 3 nitrogen and oxygen atoms in total. The molecular weight excluding hydrogens is 300 g/mol. The Morgan fingerprint density at radius 1 is 1.25 bits per heavy atom. The maximum absolute atomic E-state index is 12.1. The Hall–Kier alpha value is -0.570. The zero-order chi connectivity index (χ0) is 18.2. The second-order valence-corrected chi connectivity index (χ2v) is 9.33. The molecular formula is C21H38O3. The zero-order valence-corrected chi connectivity index (χ0v) is 16.7. The molecule has 1 N–H and O–H groups in total. The summed E-state index contributed by atoms with van der Waals surface area (Å²) in [6, 6.07) is 0. The predicted octanol–water partition coefficient (Wildman–Crippen LogP) is 5.53. The topological polar surface area (TPSA) is 46.5 Å². The molecule has 3 heteroatoms. The van der Waals surface area contributed by atoms with E-state index in [-0.39, 0.29) is 16.9 Å². The Morgan fingerprint density at radius 3 is 2.46 bits per heavy atom. The molecule has 0 amide bonds. The summed E-state index contributed by atoms with van der Waals surface area (Å²) in [6.07, 6.45) is 8.53. The minimum atomic E-state index is -0.597. The van der Waals surface area contributed by atoms with E-state index < -0.39 is 11.4 Å². The fraction of sp³-hybridized carbons (Fsp3) is 0.952. The SMILES string of the molecule is CCC(C)CCC1C(C)(OC)CCC2C(C)(C(=O)O)CCCC12C. The van der Waals surface area contributed by atoms with E-state index >= 15 is 0 Å². The average molecular weight is 339 g/mol. The molecule has 6 atom stereocenters. The maximum Gasteiger partial charge on any atom is 0.309 e. The molecule has 24 heavy (non-hydrogen) atoms. The van der Waals surface area contributed by atoms with E-state index in [0.717, 1.165) is 44.4 Å². The smallest absolute Gasteiger partial charge is 0.309 e. The van der Waals surface area contributed by atoms with Crippen molar-refractivity contribution in [1.82, 2.24) is 0 Å². The summed E-state index contributed by atoms with van der Waals surface area (Å²) in [5.41, 5.74) is -0.617. The van der Waals surface area contributed by atoms with Gasteiger partial charge in [0.25, 0.3) is 0 Å². The Bertz CT molecular complexity index is 462. The first kappa shape index (κ1) is 19.8. The van der Waals surface area contributed by atoms with Crippen molar-refractivity contribution in [3.8, 4) is 0 Å². The van der Waals surface area contributed by atoms with E-state index in [2.05, 4.69) is 27.7 Å². The molecule has 6 unspecified atom stereocenters. The molecule has 2 aliphatic carbocycles. The largest absolute Gasteiger partial charge is 0.481 e. The number of ether oxygens (including phenoxy) is 1. The number of hydrogen-bond acceptors (Lipinski definition) is 2. The molecule has 0 aromatic carbocycles. The van der Waals surface area contributed by atoms with Crippen LogP contribution in [0.15, 0.2) is 0 Å². The summed E-state index contributed by atoms with van der Waals surface area (Å²) in [6.45, 7) is 11.2. The fourth-order valence-corrected chi connectivity index (χ4v) is 6.07. The first-order valence-corrected chi connectivity index (χ1v) is 9.92. The van der Waals surface area contributed by atoms with Crippen LogP contribution in [0.5, 0.6) is 0 Å². The lowest BCUT2D eigenvalue weighted by molar-refractivity contribution is -0.198. The number of carbonyl (C=O) groups is 1. The summed E-state index contributed by atoms with van der Waals surface area (Å²) in [5, 5.41) is 9.95. The molecule has 140 valence electrons. The highest BCUT2D eigenvalue weighted by Crippen LogP contribution is 2.63. The summed E-state index contributed by atoms with van der Waals surface area (Å²) in [7, 11) is 1.85. The fourth-order valence-electron chi connectivity index (χ4n) is 6.07. The van der Waals surface area contributed by atoms with Crippen molar-refractivity contribution in [1.29, 1.82) is 0 Å². The van der Waals surface area contributed by atoms with Gasteiger partial charge in [-0.2, -0.15) is 0 Å². The van der Waals surface area contributed by atoms with E-state index in [1.54, 1.807) is 0 Å². The number of carboxylic acid groups (broad SMARTS) is 1. The normalized spacial score (nSPS) is 43.9. The third-order valence-corrected chi connectivity index (χ3v) is 8.04. The summed E-state index contributed by atoms with van der Waals surface area (Å²) >= 11 is 0. The molecule has 0 aromatic rings. The number of hydrogen-bond donors (Lipinski definition) is 1. The van der Waals surface area contributed by atoms with Gasteiger partial charge in [-0.05, 0) is 69.1 Å². The molecule has 0 aliphatic heterocycles. The highest BCUT2D eigenvalue weighted by Gasteiger charge is 2.61. The summed E-state index contributed by atoms with van der Waals surface area (Å²) in [5.74, 6) is 0.841. The summed E-state index contributed by atoms with van der Waals surface area (Å²) < 4.78 is 6.05. The Kier molecular flexibility index (Phi) is 5.74. The van der Waals surface area contributed by atoms with E-state index in [1.807, 2.05) is 14.0 Å². The number of aliphatic carboxylic acids is 1. The minimum Gasteiger partial charge on any atom is -0.481 e. The van der Waals surface area contributed by atoms with Crippen LogP contribution < -0.4 is 0 Å². The van der Waals surface area contributed by atoms with Gasteiger partial charge in [-0.25, -0.2) is 0 Å². The Balaban J connectivity index is 2.36. The number of carboxylic acids is 1. The van der Waals surface area contributed by atoms with Gasteiger partial charge in [0, 0.05) is 7.11 Å². The predicted molar refractivity (Wildman–Crippen MR) is 98.0 cm³/mol. The van der Waals surface area contributed by atoms with Crippen LogP contribution in [0.1, 0.15) is 86.0 Å². The van der Waals surface area contributed by atoms with Crippen molar-refractivity contribution in [3.05, 3.63) is 0 Å². The van der Waals surface area contributed by atoms with Gasteiger partial charge in [-0.1, -0.05) is 40.0 Å². The molecule has 2 rings (SSSR count). The molecule has 0 saturated heterocycles. The molecule has 0 radical (unpaired) electrons. The highest BCUT2D eigenvalue weighted by molar-refractivity contribution is 5.75. The third kappa shape index (κ3) is 3.13. The van der Waals surface area contributed by atoms with E-state index in [0.29, 0.717) is 5.92 Å². The first-order valence-electron chi connectivity index (χ1n) is 9.92. The number of rotatable bonds is 6. The van der Waals surface area contributed by atoms with Crippen molar-refractivity contribution in [2.24, 2.45) is 28.6 Å². The average Bonchev–Trinajstić information content (AvgIpc) is 2.53. The highest BCUT2D eigenvalue weighted by atomic mass is 16.5. The van der Waals surface area contributed by atoms with E-state index in [9.17, 15) is 9.90 Å². The molecule has 0 aromatic heterocycles. The van der Waals surface area contributed by atoms with Crippen LogP contribution in [0.25, 0.3) is 0 Å². The molecule has 0 bridgehead atoms. The lowest BCUT2D eigenvalue weighted by Gasteiger charge is -2.61. The van der Waals surface area contributed by atoms with Gasteiger partial charge >= 0.3 is 5.97 Å². The Labute approximate surface area is 148 Å². The molecule has 0 heterocycles. The standard InChI is InChI=1S/C21H38O3/c1-7-15(2)9-10-17-19(3)12-8-13-20(4,18(22)23)16(19)11-14-21(17,5)24-6/h15-17H,7-14H2,1-6H3,(H,22,23).